The predicted molar refractivity (Wildman–Crippen MR) is 135 cm³/mol. The van der Waals surface area contributed by atoms with E-state index >= 15 is 0 Å². The number of hydrogen-bond acceptors (Lipinski definition) is 5. The number of amides is 2. The zero-order valence-electron chi connectivity index (χ0n) is 18.4. The minimum Gasteiger partial charge on any atom is -0.493 e. The monoisotopic (exact) mass is 543 g/mol. The van der Waals surface area contributed by atoms with Gasteiger partial charge in [-0.15, -0.1) is 0 Å². The summed E-state index contributed by atoms with van der Waals surface area (Å²) in [5, 5.41) is 0.337. The van der Waals surface area contributed by atoms with Gasteiger partial charge in [0.25, 0.3) is 0 Å². The minimum absolute atomic E-state index is 0.0906. The number of carbonyl (C=O) groups is 2. The van der Waals surface area contributed by atoms with E-state index in [1.54, 1.807) is 17.0 Å². The second kappa shape index (κ2) is 10.8. The normalized spacial score (nSPS) is 15.2. The number of nitrogens with zero attached hydrogens (tertiary/aromatic N) is 1. The lowest BCUT2D eigenvalue weighted by atomic mass is 10.1. The van der Waals surface area contributed by atoms with Crippen LogP contribution in [0.5, 0.6) is 11.5 Å². The molecule has 176 valence electrons. The van der Waals surface area contributed by atoms with Crippen molar-refractivity contribution >= 4 is 50.7 Å². The van der Waals surface area contributed by atoms with Crippen LogP contribution in [-0.4, -0.2) is 25.5 Å². The Hall–Kier alpha value is -3.23. The summed E-state index contributed by atoms with van der Waals surface area (Å²) in [5.74, 6) is -0.0110. The SMILES string of the molecule is COc1cc(NNC(=O)[C@H]2CC(=O)N(c3ccc(Br)cc3)C2)cc(Cl)c1OCc1ccccc1. The first kappa shape index (κ1) is 23.9. The van der Waals surface area contributed by atoms with Crippen LogP contribution in [0.25, 0.3) is 0 Å². The second-order valence-electron chi connectivity index (χ2n) is 7.76. The van der Waals surface area contributed by atoms with Gasteiger partial charge >= 0.3 is 0 Å². The molecule has 0 bridgehead atoms. The number of benzene rings is 3. The van der Waals surface area contributed by atoms with E-state index < -0.39 is 5.92 Å². The van der Waals surface area contributed by atoms with Crippen LogP contribution in [0.3, 0.4) is 0 Å². The molecule has 34 heavy (non-hydrogen) atoms. The summed E-state index contributed by atoms with van der Waals surface area (Å²) < 4.78 is 12.2. The number of anilines is 2. The quantitative estimate of drug-likeness (QED) is 0.382. The Morgan fingerprint density at radius 3 is 2.59 bits per heavy atom. The van der Waals surface area contributed by atoms with Crippen molar-refractivity contribution in [2.45, 2.75) is 13.0 Å². The van der Waals surface area contributed by atoms with Gasteiger partial charge in [-0.25, -0.2) is 0 Å². The van der Waals surface area contributed by atoms with E-state index in [-0.39, 0.29) is 18.2 Å². The summed E-state index contributed by atoms with van der Waals surface area (Å²) in [4.78, 5) is 26.8. The number of ether oxygens (including phenoxy) is 2. The van der Waals surface area contributed by atoms with E-state index in [0.717, 1.165) is 15.7 Å². The lowest BCUT2D eigenvalue weighted by Crippen LogP contribution is -2.36. The molecular formula is C25H23BrClN3O4. The topological polar surface area (TPSA) is 79.9 Å². The molecule has 1 aliphatic heterocycles. The van der Waals surface area contributed by atoms with Crippen LogP contribution in [-0.2, 0) is 16.2 Å². The third-order valence-corrected chi connectivity index (χ3v) is 6.23. The smallest absolute Gasteiger partial charge is 0.243 e. The van der Waals surface area contributed by atoms with Crippen LogP contribution in [0, 0.1) is 5.92 Å². The van der Waals surface area contributed by atoms with Crippen molar-refractivity contribution in [1.82, 2.24) is 5.43 Å². The molecule has 1 fully saturated rings. The van der Waals surface area contributed by atoms with Crippen molar-refractivity contribution in [2.75, 3.05) is 24.0 Å². The van der Waals surface area contributed by atoms with Crippen molar-refractivity contribution in [3.8, 4) is 11.5 Å². The van der Waals surface area contributed by atoms with E-state index in [9.17, 15) is 9.59 Å². The zero-order chi connectivity index (χ0) is 24.1. The van der Waals surface area contributed by atoms with Crippen LogP contribution in [0.2, 0.25) is 5.02 Å². The summed E-state index contributed by atoms with van der Waals surface area (Å²) in [5.41, 5.74) is 7.81. The van der Waals surface area contributed by atoms with Gasteiger partial charge in [0.1, 0.15) is 6.61 Å². The van der Waals surface area contributed by atoms with Gasteiger partial charge in [-0.2, -0.15) is 0 Å². The van der Waals surface area contributed by atoms with Crippen molar-refractivity contribution in [1.29, 1.82) is 0 Å². The molecule has 0 aromatic heterocycles. The minimum atomic E-state index is -0.477. The fourth-order valence-corrected chi connectivity index (χ4v) is 4.18. The molecule has 0 spiro atoms. The van der Waals surface area contributed by atoms with Gasteiger partial charge in [-0.05, 0) is 35.9 Å². The highest BCUT2D eigenvalue weighted by Crippen LogP contribution is 2.38. The molecule has 9 heteroatoms. The number of rotatable bonds is 8. The number of nitrogens with one attached hydrogen (secondary N) is 2. The first-order chi connectivity index (χ1) is 16.4. The average Bonchev–Trinajstić information content (AvgIpc) is 3.24. The maximum Gasteiger partial charge on any atom is 0.243 e. The van der Waals surface area contributed by atoms with Crippen molar-refractivity contribution in [2.24, 2.45) is 5.92 Å². The lowest BCUT2D eigenvalue weighted by Gasteiger charge is -2.18. The Kier molecular flexibility index (Phi) is 7.59. The number of hydrogen-bond donors (Lipinski definition) is 2. The molecule has 4 rings (SSSR count). The third-order valence-electron chi connectivity index (χ3n) is 5.42. The highest BCUT2D eigenvalue weighted by molar-refractivity contribution is 9.10. The number of hydrazine groups is 1. The molecule has 0 saturated carbocycles. The maximum absolute atomic E-state index is 12.7. The summed E-state index contributed by atoms with van der Waals surface area (Å²) in [6.07, 6.45) is 0.139. The van der Waals surface area contributed by atoms with Crippen LogP contribution in [0.1, 0.15) is 12.0 Å². The third kappa shape index (κ3) is 5.63. The Balaban J connectivity index is 1.37. The molecule has 0 radical (unpaired) electrons. The number of carbonyl (C=O) groups excluding carboxylic acids is 2. The molecule has 0 aliphatic carbocycles. The van der Waals surface area contributed by atoms with Crippen molar-refractivity contribution in [3.05, 3.63) is 81.8 Å². The fraction of sp³-hybridized carbons (Fsp3) is 0.200. The summed E-state index contributed by atoms with van der Waals surface area (Å²) in [6.45, 7) is 0.648. The van der Waals surface area contributed by atoms with E-state index in [0.29, 0.717) is 35.4 Å². The summed E-state index contributed by atoms with van der Waals surface area (Å²) in [6, 6.07) is 20.4. The molecule has 0 unspecified atom stereocenters. The van der Waals surface area contributed by atoms with Crippen molar-refractivity contribution in [3.63, 3.8) is 0 Å². The highest BCUT2D eigenvalue weighted by atomic mass is 79.9. The van der Waals surface area contributed by atoms with Crippen LogP contribution in [0.4, 0.5) is 11.4 Å². The Morgan fingerprint density at radius 2 is 1.88 bits per heavy atom. The van der Waals surface area contributed by atoms with Crippen LogP contribution in [0.15, 0.2) is 71.2 Å². The molecular weight excluding hydrogens is 522 g/mol. The van der Waals surface area contributed by atoms with Gasteiger partial charge in [0.15, 0.2) is 11.5 Å². The van der Waals surface area contributed by atoms with Gasteiger partial charge in [0.2, 0.25) is 11.8 Å². The molecule has 2 amide bonds. The zero-order valence-corrected chi connectivity index (χ0v) is 20.7. The molecule has 2 N–H and O–H groups in total. The molecule has 1 saturated heterocycles. The number of halogens is 2. The Labute approximate surface area is 211 Å². The van der Waals surface area contributed by atoms with Gasteiger partial charge in [0.05, 0.1) is 23.7 Å². The molecule has 3 aromatic carbocycles. The molecule has 3 aromatic rings. The van der Waals surface area contributed by atoms with E-state index in [4.69, 9.17) is 21.1 Å². The van der Waals surface area contributed by atoms with E-state index in [1.807, 2.05) is 54.6 Å². The molecule has 1 atom stereocenters. The van der Waals surface area contributed by atoms with Gasteiger partial charge in [-0.1, -0.05) is 57.9 Å². The van der Waals surface area contributed by atoms with E-state index in [1.165, 1.54) is 7.11 Å². The van der Waals surface area contributed by atoms with Crippen LogP contribution < -0.4 is 25.2 Å². The standard InChI is InChI=1S/C25H23BrClN3O4/c1-33-22-13-19(12-21(27)24(22)34-15-16-5-3-2-4-6-16)28-29-25(32)17-11-23(31)30(14-17)20-9-7-18(26)8-10-20/h2-10,12-13,17,28H,11,14-15H2,1H3,(H,29,32)/t17-/m0/s1. The summed E-state index contributed by atoms with van der Waals surface area (Å²) >= 11 is 9.81. The summed E-state index contributed by atoms with van der Waals surface area (Å²) in [7, 11) is 1.52. The van der Waals surface area contributed by atoms with E-state index in [2.05, 4.69) is 26.8 Å². The molecule has 7 nitrogen and oxygen atoms in total. The average molecular weight is 545 g/mol. The van der Waals surface area contributed by atoms with Crippen LogP contribution >= 0.6 is 27.5 Å². The van der Waals surface area contributed by atoms with Gasteiger partial charge in [-0.3, -0.25) is 20.4 Å². The fourth-order valence-electron chi connectivity index (χ4n) is 3.65. The first-order valence-corrected chi connectivity index (χ1v) is 11.8. The maximum atomic E-state index is 12.7. The lowest BCUT2D eigenvalue weighted by molar-refractivity contribution is -0.125. The second-order valence-corrected chi connectivity index (χ2v) is 9.08. The Morgan fingerprint density at radius 1 is 1.15 bits per heavy atom. The molecule has 1 heterocycles. The first-order valence-electron chi connectivity index (χ1n) is 10.6. The highest BCUT2D eigenvalue weighted by Gasteiger charge is 2.35. The molecule has 1 aliphatic rings. The largest absolute Gasteiger partial charge is 0.493 e. The van der Waals surface area contributed by atoms with Gasteiger partial charge in [0, 0.05) is 29.2 Å². The number of methoxy groups -OCH3 is 1. The Bertz CT molecular complexity index is 1170. The van der Waals surface area contributed by atoms with Crippen molar-refractivity contribution < 1.29 is 19.1 Å². The predicted octanol–water partition coefficient (Wildman–Crippen LogP) is 5.19. The van der Waals surface area contributed by atoms with Gasteiger partial charge < -0.3 is 14.4 Å².